The van der Waals surface area contributed by atoms with Crippen molar-refractivity contribution in [1.29, 1.82) is 0 Å². The van der Waals surface area contributed by atoms with Crippen LogP contribution in [0.25, 0.3) is 0 Å². The van der Waals surface area contributed by atoms with Crippen molar-refractivity contribution in [2.24, 2.45) is 0 Å². The first-order valence-electron chi connectivity index (χ1n) is 2.59. The fourth-order valence-corrected chi connectivity index (χ4v) is 3.04. The van der Waals surface area contributed by atoms with E-state index in [0.29, 0.717) is 0 Å². The van der Waals surface area contributed by atoms with Crippen LogP contribution in [0.15, 0.2) is 0 Å². The van der Waals surface area contributed by atoms with E-state index in [1.54, 1.807) is 0 Å². The Balaban J connectivity index is 2.12. The molecule has 1 aliphatic heterocycles. The minimum atomic E-state index is 0.916. The van der Waals surface area contributed by atoms with Crippen LogP contribution in [0.2, 0.25) is 0 Å². The van der Waals surface area contributed by atoms with Gasteiger partial charge in [0.15, 0.2) is 0 Å². The molecule has 1 heterocycles. The van der Waals surface area contributed by atoms with E-state index >= 15 is 0 Å². The Hall–Kier alpha value is 1.30. The second kappa shape index (κ2) is 3.35. The first-order valence-corrected chi connectivity index (χ1v) is 4.79. The van der Waals surface area contributed by atoms with Gasteiger partial charge in [-0.25, -0.2) is 0 Å². The van der Waals surface area contributed by atoms with Crippen LogP contribution in [0.4, 0.5) is 0 Å². The van der Waals surface area contributed by atoms with Crippen LogP contribution in [-0.2, 0) is 0 Å². The second-order valence-electron chi connectivity index (χ2n) is 1.76. The zero-order valence-electron chi connectivity index (χ0n) is 4.52. The SMILES string of the molecule is [Li][CH]1CSCCS1. The Kier molecular flexibility index (Phi) is 3.07. The van der Waals surface area contributed by atoms with Gasteiger partial charge in [0.2, 0.25) is 0 Å². The van der Waals surface area contributed by atoms with E-state index in [9.17, 15) is 0 Å². The van der Waals surface area contributed by atoms with E-state index in [1.807, 2.05) is 0 Å². The first-order chi connectivity index (χ1) is 3.39. The summed E-state index contributed by atoms with van der Waals surface area (Å²) in [5.41, 5.74) is 0. The number of thioether (sulfide) groups is 2. The van der Waals surface area contributed by atoms with Crippen molar-refractivity contribution in [2.45, 2.75) is 3.92 Å². The van der Waals surface area contributed by atoms with Crippen molar-refractivity contribution in [3.8, 4) is 0 Å². The molecular weight excluding hydrogens is 119 g/mol. The third-order valence-electron chi connectivity index (χ3n) is 0.983. The van der Waals surface area contributed by atoms with Crippen molar-refractivity contribution >= 4 is 41.2 Å². The van der Waals surface area contributed by atoms with Gasteiger partial charge in [-0.3, -0.25) is 0 Å². The van der Waals surface area contributed by atoms with E-state index in [2.05, 4.69) is 41.2 Å². The summed E-state index contributed by atoms with van der Waals surface area (Å²) < 4.78 is 0.916. The number of rotatable bonds is 0. The van der Waals surface area contributed by atoms with Gasteiger partial charge in [0.1, 0.15) is 0 Å². The molecule has 1 unspecified atom stereocenters. The maximum atomic E-state index is 2.30. The molecular formula is C4H7LiS2. The molecule has 0 N–H and O–H groups in total. The van der Waals surface area contributed by atoms with E-state index in [0.717, 1.165) is 3.92 Å². The van der Waals surface area contributed by atoms with Crippen LogP contribution in [0.5, 0.6) is 0 Å². The molecule has 0 saturated carbocycles. The number of hydrogen-bond acceptors (Lipinski definition) is 2. The van der Waals surface area contributed by atoms with Gasteiger partial charge in [-0.2, -0.15) is 0 Å². The molecule has 1 fully saturated rings. The first kappa shape index (κ1) is 6.42. The summed E-state index contributed by atoms with van der Waals surface area (Å²) in [5, 5.41) is 0. The fourth-order valence-electron chi connectivity index (χ4n) is 0.606. The monoisotopic (exact) mass is 126 g/mol. The van der Waals surface area contributed by atoms with Gasteiger partial charge in [-0.1, -0.05) is 0 Å². The molecule has 0 aromatic heterocycles. The van der Waals surface area contributed by atoms with Crippen LogP contribution in [0.1, 0.15) is 0 Å². The van der Waals surface area contributed by atoms with E-state index in [-0.39, 0.29) is 0 Å². The molecule has 0 aromatic carbocycles. The molecule has 7 heavy (non-hydrogen) atoms. The zero-order valence-corrected chi connectivity index (χ0v) is 6.15. The Labute approximate surface area is 62.4 Å². The standard InChI is InChI=1S/C4H7S2.Li/c1-2-6-4-3-5-1;/h1H,2-4H2;. The topological polar surface area (TPSA) is 0 Å². The Morgan fingerprint density at radius 1 is 1.43 bits per heavy atom. The van der Waals surface area contributed by atoms with E-state index < -0.39 is 0 Å². The molecule has 36 valence electrons. The van der Waals surface area contributed by atoms with Gasteiger partial charge < -0.3 is 0 Å². The van der Waals surface area contributed by atoms with Gasteiger partial charge in [0.25, 0.3) is 0 Å². The van der Waals surface area contributed by atoms with Gasteiger partial charge >= 0.3 is 62.4 Å². The Morgan fingerprint density at radius 2 is 2.29 bits per heavy atom. The van der Waals surface area contributed by atoms with Crippen molar-refractivity contribution in [3.05, 3.63) is 0 Å². The number of hydrogen-bond donors (Lipinski definition) is 0. The van der Waals surface area contributed by atoms with Gasteiger partial charge in [-0.15, -0.1) is 0 Å². The van der Waals surface area contributed by atoms with Gasteiger partial charge in [0, 0.05) is 0 Å². The third kappa shape index (κ3) is 2.37. The van der Waals surface area contributed by atoms with Crippen molar-refractivity contribution in [1.82, 2.24) is 0 Å². The average Bonchev–Trinajstić information content (AvgIpc) is 1.69. The maximum absolute atomic E-state index is 2.30. The zero-order chi connectivity index (χ0) is 5.11. The molecule has 0 bridgehead atoms. The summed E-state index contributed by atoms with van der Waals surface area (Å²) in [6, 6.07) is 0. The molecule has 0 aromatic rings. The van der Waals surface area contributed by atoms with Gasteiger partial charge in [0.05, 0.1) is 0 Å². The molecule has 3 heteroatoms. The van der Waals surface area contributed by atoms with Crippen molar-refractivity contribution < 1.29 is 0 Å². The van der Waals surface area contributed by atoms with Crippen LogP contribution < -0.4 is 0 Å². The Bertz CT molecular complexity index is 51.7. The van der Waals surface area contributed by atoms with E-state index in [4.69, 9.17) is 0 Å². The normalized spacial score (nSPS) is 33.1. The molecule has 1 rings (SSSR count). The van der Waals surface area contributed by atoms with Gasteiger partial charge in [-0.05, 0) is 0 Å². The average molecular weight is 126 g/mol. The predicted octanol–water partition coefficient (Wildman–Crippen LogP) is 0.961. The minimum absolute atomic E-state index is 0.916. The molecule has 0 radical (unpaired) electrons. The summed E-state index contributed by atoms with van der Waals surface area (Å²) in [7, 11) is 0. The van der Waals surface area contributed by atoms with Crippen LogP contribution in [0, 0.1) is 0 Å². The summed E-state index contributed by atoms with van der Waals surface area (Å²) in [6.45, 7) is 0. The molecule has 1 saturated heterocycles. The molecule has 0 aliphatic carbocycles. The quantitative estimate of drug-likeness (QED) is 0.443. The summed E-state index contributed by atoms with van der Waals surface area (Å²) in [6.07, 6.45) is 0. The predicted molar refractivity (Wildman–Crippen MR) is 39.3 cm³/mol. The third-order valence-corrected chi connectivity index (χ3v) is 3.86. The summed E-state index contributed by atoms with van der Waals surface area (Å²) >= 11 is 6.48. The van der Waals surface area contributed by atoms with Crippen LogP contribution in [0.3, 0.4) is 0 Å². The molecule has 0 spiro atoms. The fraction of sp³-hybridized carbons (Fsp3) is 1.00. The summed E-state index contributed by atoms with van der Waals surface area (Å²) in [4.78, 5) is 0. The van der Waals surface area contributed by atoms with Crippen molar-refractivity contribution in [2.75, 3.05) is 17.3 Å². The van der Waals surface area contributed by atoms with Crippen LogP contribution >= 0.6 is 23.5 Å². The van der Waals surface area contributed by atoms with Crippen LogP contribution in [-0.4, -0.2) is 38.9 Å². The van der Waals surface area contributed by atoms with Crippen molar-refractivity contribution in [3.63, 3.8) is 0 Å². The molecule has 1 atom stereocenters. The second-order valence-corrected chi connectivity index (χ2v) is 4.45. The Morgan fingerprint density at radius 3 is 2.57 bits per heavy atom. The molecule has 0 nitrogen and oxygen atoms in total. The molecule has 0 amide bonds. The molecule has 1 aliphatic rings. The summed E-state index contributed by atoms with van der Waals surface area (Å²) in [5.74, 6) is 4.10. The van der Waals surface area contributed by atoms with E-state index in [1.165, 1.54) is 17.3 Å².